The molecule has 3 rings (SSSR count). The van der Waals surface area contributed by atoms with Crippen LogP contribution in [-0.4, -0.2) is 84.7 Å². The summed E-state index contributed by atoms with van der Waals surface area (Å²) in [7, 11) is 0. The molecule has 176 valence electrons. The Bertz CT molecular complexity index is 716. The van der Waals surface area contributed by atoms with E-state index in [2.05, 4.69) is 9.80 Å². The molecule has 8 heteroatoms. The third kappa shape index (κ3) is 9.33. The number of rotatable bonds is 12. The van der Waals surface area contributed by atoms with Gasteiger partial charge in [-0.3, -0.25) is 9.80 Å². The number of nitrogens with zero attached hydrogens (tertiary/aromatic N) is 2. The van der Waals surface area contributed by atoms with E-state index >= 15 is 0 Å². The van der Waals surface area contributed by atoms with Crippen molar-refractivity contribution < 1.29 is 19.7 Å². The van der Waals surface area contributed by atoms with Gasteiger partial charge >= 0.3 is 0 Å². The van der Waals surface area contributed by atoms with E-state index in [0.717, 1.165) is 37.3 Å². The largest absolute Gasteiger partial charge is 0.389 e. The van der Waals surface area contributed by atoms with Gasteiger partial charge in [-0.2, -0.15) is 0 Å². The van der Waals surface area contributed by atoms with Gasteiger partial charge in [0.1, 0.15) is 0 Å². The summed E-state index contributed by atoms with van der Waals surface area (Å²) >= 11 is 11.8. The number of β-amino-alcohol motifs (C(OH)–C–C–N with tert-alkyl or cyclic N) is 2. The second kappa shape index (κ2) is 13.5. The summed E-state index contributed by atoms with van der Waals surface area (Å²) in [6.07, 6.45) is -1.05. The molecule has 0 radical (unpaired) electrons. The highest BCUT2D eigenvalue weighted by Crippen LogP contribution is 2.12. The molecule has 32 heavy (non-hydrogen) atoms. The van der Waals surface area contributed by atoms with E-state index in [4.69, 9.17) is 32.7 Å². The van der Waals surface area contributed by atoms with E-state index in [1.165, 1.54) is 0 Å². The average molecular weight is 483 g/mol. The monoisotopic (exact) mass is 482 g/mol. The summed E-state index contributed by atoms with van der Waals surface area (Å²) in [6, 6.07) is 15.0. The van der Waals surface area contributed by atoms with Gasteiger partial charge in [-0.15, -0.1) is 0 Å². The molecule has 0 aromatic heterocycles. The zero-order chi connectivity index (χ0) is 22.8. The molecule has 1 fully saturated rings. The standard InChI is InChI=1S/C24H32Cl2N2O4/c25-21-5-1-19(2-6-21)15-31-17-23(29)13-27-9-11-28(12-10-27)14-24(30)18-32-16-20-3-7-22(26)8-4-20/h1-8,23-24,29-30H,9-18H2/t23-,24-/m0/s1. The highest BCUT2D eigenvalue weighted by molar-refractivity contribution is 6.30. The molecule has 0 bridgehead atoms. The number of halogens is 2. The van der Waals surface area contributed by atoms with Crippen LogP contribution in [0.2, 0.25) is 10.0 Å². The fourth-order valence-corrected chi connectivity index (χ4v) is 3.89. The van der Waals surface area contributed by atoms with Crippen LogP contribution in [0.3, 0.4) is 0 Å². The normalized spacial score (nSPS) is 17.4. The highest BCUT2D eigenvalue weighted by Gasteiger charge is 2.21. The van der Waals surface area contributed by atoms with Gasteiger partial charge < -0.3 is 19.7 Å². The molecule has 2 atom stereocenters. The first-order valence-electron chi connectivity index (χ1n) is 10.9. The lowest BCUT2D eigenvalue weighted by atomic mass is 10.2. The SMILES string of the molecule is O[C@H](COCc1ccc(Cl)cc1)CN1CCN(C[C@H](O)COCc2ccc(Cl)cc2)CC1. The Morgan fingerprint density at radius 2 is 1.00 bits per heavy atom. The smallest absolute Gasteiger partial charge is 0.0900 e. The molecule has 0 spiro atoms. The van der Waals surface area contributed by atoms with Gasteiger partial charge in [-0.05, 0) is 35.4 Å². The maximum Gasteiger partial charge on any atom is 0.0900 e. The second-order valence-corrected chi connectivity index (χ2v) is 9.06. The number of piperazine rings is 1. The Balaban J connectivity index is 1.24. The van der Waals surface area contributed by atoms with Gasteiger partial charge in [0.2, 0.25) is 0 Å². The predicted molar refractivity (Wildman–Crippen MR) is 127 cm³/mol. The van der Waals surface area contributed by atoms with Crippen molar-refractivity contribution in [3.8, 4) is 0 Å². The molecular formula is C24H32Cl2N2O4. The first-order valence-corrected chi connectivity index (χ1v) is 11.7. The third-order valence-electron chi connectivity index (χ3n) is 5.39. The van der Waals surface area contributed by atoms with Gasteiger partial charge in [-0.25, -0.2) is 0 Å². The molecule has 2 aromatic carbocycles. The minimum Gasteiger partial charge on any atom is -0.389 e. The van der Waals surface area contributed by atoms with Crippen molar-refractivity contribution in [3.63, 3.8) is 0 Å². The molecule has 1 aliphatic heterocycles. The number of benzene rings is 2. The number of aliphatic hydroxyl groups excluding tert-OH is 2. The Morgan fingerprint density at radius 1 is 0.656 bits per heavy atom. The van der Waals surface area contributed by atoms with Crippen molar-refractivity contribution in [3.05, 3.63) is 69.7 Å². The fraction of sp³-hybridized carbons (Fsp3) is 0.500. The van der Waals surface area contributed by atoms with Crippen molar-refractivity contribution in [1.29, 1.82) is 0 Å². The fourth-order valence-electron chi connectivity index (χ4n) is 3.64. The van der Waals surface area contributed by atoms with E-state index in [0.29, 0.717) is 49.6 Å². The van der Waals surface area contributed by atoms with E-state index in [-0.39, 0.29) is 0 Å². The first-order chi connectivity index (χ1) is 15.5. The van der Waals surface area contributed by atoms with E-state index in [9.17, 15) is 10.2 Å². The zero-order valence-corrected chi connectivity index (χ0v) is 19.7. The summed E-state index contributed by atoms with van der Waals surface area (Å²) in [6.45, 7) is 6.10. The minimum absolute atomic E-state index is 0.298. The second-order valence-electron chi connectivity index (χ2n) is 8.19. The summed E-state index contributed by atoms with van der Waals surface area (Å²) in [5.41, 5.74) is 2.07. The van der Waals surface area contributed by atoms with E-state index in [1.807, 2.05) is 48.5 Å². The Labute approximate surface area is 200 Å². The number of ether oxygens (including phenoxy) is 2. The molecule has 1 aliphatic rings. The Morgan fingerprint density at radius 3 is 1.34 bits per heavy atom. The lowest BCUT2D eigenvalue weighted by Gasteiger charge is -2.36. The van der Waals surface area contributed by atoms with Crippen LogP contribution in [0.15, 0.2) is 48.5 Å². The van der Waals surface area contributed by atoms with Crippen LogP contribution in [0, 0.1) is 0 Å². The maximum absolute atomic E-state index is 10.3. The van der Waals surface area contributed by atoms with Crippen molar-refractivity contribution in [2.75, 3.05) is 52.5 Å². The Hall–Kier alpha value is -1.22. The summed E-state index contributed by atoms with van der Waals surface area (Å²) in [4.78, 5) is 4.46. The van der Waals surface area contributed by atoms with Gasteiger partial charge in [-0.1, -0.05) is 47.5 Å². The number of hydrogen-bond acceptors (Lipinski definition) is 6. The summed E-state index contributed by atoms with van der Waals surface area (Å²) in [5, 5.41) is 22.0. The van der Waals surface area contributed by atoms with Gasteiger partial charge in [0.05, 0.1) is 38.6 Å². The maximum atomic E-state index is 10.3. The molecular weight excluding hydrogens is 451 g/mol. The van der Waals surface area contributed by atoms with Crippen LogP contribution >= 0.6 is 23.2 Å². The van der Waals surface area contributed by atoms with Crippen LogP contribution < -0.4 is 0 Å². The van der Waals surface area contributed by atoms with Gasteiger partial charge in [0.25, 0.3) is 0 Å². The van der Waals surface area contributed by atoms with Crippen molar-refractivity contribution in [1.82, 2.24) is 9.80 Å². The molecule has 1 saturated heterocycles. The van der Waals surface area contributed by atoms with Crippen molar-refractivity contribution >= 4 is 23.2 Å². The quantitative estimate of drug-likeness (QED) is 0.484. The van der Waals surface area contributed by atoms with Gasteiger partial charge in [0, 0.05) is 49.3 Å². The highest BCUT2D eigenvalue weighted by atomic mass is 35.5. The van der Waals surface area contributed by atoms with Crippen LogP contribution in [0.1, 0.15) is 11.1 Å². The molecule has 0 saturated carbocycles. The topological polar surface area (TPSA) is 65.4 Å². The number of aliphatic hydroxyl groups is 2. The van der Waals surface area contributed by atoms with E-state index in [1.54, 1.807) is 0 Å². The molecule has 6 nitrogen and oxygen atoms in total. The summed E-state index contributed by atoms with van der Waals surface area (Å²) in [5.74, 6) is 0. The van der Waals surface area contributed by atoms with Crippen LogP contribution in [0.5, 0.6) is 0 Å². The van der Waals surface area contributed by atoms with Crippen LogP contribution in [0.4, 0.5) is 0 Å². The lowest BCUT2D eigenvalue weighted by molar-refractivity contribution is -0.0135. The van der Waals surface area contributed by atoms with Crippen LogP contribution in [-0.2, 0) is 22.7 Å². The predicted octanol–water partition coefficient (Wildman–Crippen LogP) is 3.07. The molecule has 0 amide bonds. The van der Waals surface area contributed by atoms with Crippen LogP contribution in [0.25, 0.3) is 0 Å². The van der Waals surface area contributed by atoms with Gasteiger partial charge in [0.15, 0.2) is 0 Å². The third-order valence-corrected chi connectivity index (χ3v) is 5.89. The number of hydrogen-bond donors (Lipinski definition) is 2. The van der Waals surface area contributed by atoms with Crippen molar-refractivity contribution in [2.24, 2.45) is 0 Å². The van der Waals surface area contributed by atoms with Crippen molar-refractivity contribution in [2.45, 2.75) is 25.4 Å². The molecule has 0 unspecified atom stereocenters. The minimum atomic E-state index is -0.527. The lowest BCUT2D eigenvalue weighted by Crippen LogP contribution is -2.51. The average Bonchev–Trinajstić information content (AvgIpc) is 2.78. The summed E-state index contributed by atoms with van der Waals surface area (Å²) < 4.78 is 11.3. The van der Waals surface area contributed by atoms with E-state index < -0.39 is 12.2 Å². The Kier molecular flexibility index (Phi) is 10.7. The molecule has 0 aliphatic carbocycles. The molecule has 2 N–H and O–H groups in total. The molecule has 2 aromatic rings. The molecule has 1 heterocycles. The zero-order valence-electron chi connectivity index (χ0n) is 18.2. The first kappa shape index (κ1) is 25.4.